The number of sulfonamides is 1. The average Bonchev–Trinajstić information content (AvgIpc) is 3.48. The Morgan fingerprint density at radius 1 is 1.07 bits per heavy atom. The number of ether oxygens (including phenoxy) is 4. The van der Waals surface area contributed by atoms with Gasteiger partial charge in [-0.2, -0.15) is 9.97 Å². The molecule has 4 rings (SSSR count). The van der Waals surface area contributed by atoms with E-state index < -0.39 is 33.1 Å². The first-order valence-corrected chi connectivity index (χ1v) is 14.5. The van der Waals surface area contributed by atoms with E-state index in [9.17, 15) is 8.42 Å². The van der Waals surface area contributed by atoms with Gasteiger partial charge in [-0.3, -0.25) is 9.29 Å². The molecular formula is C24H33ClN8O6S. The Labute approximate surface area is 237 Å². The molecule has 218 valence electrons. The van der Waals surface area contributed by atoms with E-state index in [4.69, 9.17) is 30.5 Å². The average molecular weight is 597 g/mol. The van der Waals surface area contributed by atoms with E-state index in [1.807, 2.05) is 13.8 Å². The summed E-state index contributed by atoms with van der Waals surface area (Å²) in [4.78, 5) is 16.8. The van der Waals surface area contributed by atoms with Crippen LogP contribution in [0.3, 0.4) is 0 Å². The SMILES string of the molecule is COc1ncnc(OC)c1-n1c(NS(=O)(=O)C(C)C(OC(C)C)c2ncc(Cl)cn2)nnc1[C@@H]1CCC(C)(C)O1. The molecule has 1 saturated heterocycles. The molecular weight excluding hydrogens is 564 g/mol. The van der Waals surface area contributed by atoms with Gasteiger partial charge >= 0.3 is 0 Å². The Morgan fingerprint density at radius 2 is 1.70 bits per heavy atom. The van der Waals surface area contributed by atoms with E-state index in [0.29, 0.717) is 17.3 Å². The monoisotopic (exact) mass is 596 g/mol. The summed E-state index contributed by atoms with van der Waals surface area (Å²) < 4.78 is 54.8. The van der Waals surface area contributed by atoms with E-state index in [1.165, 1.54) is 44.4 Å². The van der Waals surface area contributed by atoms with Crippen LogP contribution in [0, 0.1) is 0 Å². The van der Waals surface area contributed by atoms with Gasteiger partial charge in [-0.05, 0) is 47.5 Å². The van der Waals surface area contributed by atoms with Crippen LogP contribution in [-0.2, 0) is 19.5 Å². The van der Waals surface area contributed by atoms with Crippen LogP contribution in [0.4, 0.5) is 5.95 Å². The molecule has 0 aromatic carbocycles. The predicted molar refractivity (Wildman–Crippen MR) is 145 cm³/mol. The van der Waals surface area contributed by atoms with Crippen molar-refractivity contribution in [3.05, 3.63) is 35.4 Å². The number of rotatable bonds is 11. The van der Waals surface area contributed by atoms with Crippen molar-refractivity contribution >= 4 is 27.6 Å². The van der Waals surface area contributed by atoms with Crippen molar-refractivity contribution in [3.8, 4) is 17.4 Å². The quantitative estimate of drug-likeness (QED) is 0.343. The van der Waals surface area contributed by atoms with Crippen LogP contribution in [0.25, 0.3) is 5.69 Å². The molecule has 3 atom stereocenters. The first-order valence-electron chi connectivity index (χ1n) is 12.6. The topological polar surface area (TPSA) is 165 Å². The second-order valence-electron chi connectivity index (χ2n) is 10.1. The zero-order valence-corrected chi connectivity index (χ0v) is 24.9. The highest BCUT2D eigenvalue weighted by Crippen LogP contribution is 2.42. The molecule has 2 unspecified atom stereocenters. The normalized spacial score (nSPS) is 18.5. The molecule has 0 bridgehead atoms. The van der Waals surface area contributed by atoms with Gasteiger partial charge in [0.05, 0.1) is 30.9 Å². The number of nitrogens with one attached hydrogen (secondary N) is 1. The number of hydrogen-bond donors (Lipinski definition) is 1. The standard InChI is InChI=1S/C24H33ClN8O6S/c1-13(2)38-18(19-26-10-15(25)11-27-19)14(3)40(34,35)32-23-31-30-20(16-8-9-24(4,5)39-16)33(23)17-21(36-6)28-12-29-22(17)37-7/h10-14,16,18H,8-9H2,1-7H3,(H,31,32)/t14?,16-,18?/m0/s1. The first-order chi connectivity index (χ1) is 18.9. The van der Waals surface area contributed by atoms with Crippen molar-refractivity contribution in [3.63, 3.8) is 0 Å². The maximum atomic E-state index is 13.8. The molecule has 0 amide bonds. The molecule has 1 aliphatic heterocycles. The molecule has 0 saturated carbocycles. The molecule has 1 fully saturated rings. The third kappa shape index (κ3) is 6.27. The first kappa shape index (κ1) is 29.8. The summed E-state index contributed by atoms with van der Waals surface area (Å²) in [6, 6.07) is 0. The Balaban J connectivity index is 1.80. The lowest BCUT2D eigenvalue weighted by Gasteiger charge is -2.25. The second-order valence-corrected chi connectivity index (χ2v) is 12.6. The van der Waals surface area contributed by atoms with E-state index >= 15 is 0 Å². The molecule has 1 N–H and O–H groups in total. The van der Waals surface area contributed by atoms with Gasteiger partial charge in [-0.25, -0.2) is 18.4 Å². The third-order valence-electron chi connectivity index (χ3n) is 6.27. The molecule has 4 heterocycles. The van der Waals surface area contributed by atoms with Crippen LogP contribution >= 0.6 is 11.6 Å². The van der Waals surface area contributed by atoms with Crippen molar-refractivity contribution in [2.24, 2.45) is 0 Å². The fraction of sp³-hybridized carbons (Fsp3) is 0.583. The van der Waals surface area contributed by atoms with Crippen molar-refractivity contribution in [1.82, 2.24) is 34.7 Å². The van der Waals surface area contributed by atoms with Crippen molar-refractivity contribution in [2.45, 2.75) is 76.6 Å². The van der Waals surface area contributed by atoms with Crippen LogP contribution in [0.5, 0.6) is 11.8 Å². The number of nitrogens with zero attached hydrogens (tertiary/aromatic N) is 7. The molecule has 3 aromatic rings. The number of methoxy groups -OCH3 is 2. The van der Waals surface area contributed by atoms with Crippen LogP contribution in [0.15, 0.2) is 18.7 Å². The maximum absolute atomic E-state index is 13.8. The molecule has 14 nitrogen and oxygen atoms in total. The number of halogens is 1. The minimum absolute atomic E-state index is 0.120. The van der Waals surface area contributed by atoms with Crippen LogP contribution in [-0.4, -0.2) is 74.3 Å². The fourth-order valence-corrected chi connectivity index (χ4v) is 5.50. The van der Waals surface area contributed by atoms with Gasteiger partial charge in [-0.15, -0.1) is 10.2 Å². The highest BCUT2D eigenvalue weighted by molar-refractivity contribution is 7.93. The van der Waals surface area contributed by atoms with E-state index in [0.717, 1.165) is 6.42 Å². The van der Waals surface area contributed by atoms with Gasteiger partial charge in [0.25, 0.3) is 0 Å². The number of hydrogen-bond acceptors (Lipinski definition) is 12. The van der Waals surface area contributed by atoms with Gasteiger partial charge < -0.3 is 18.9 Å². The van der Waals surface area contributed by atoms with Gasteiger partial charge in [-0.1, -0.05) is 11.6 Å². The summed E-state index contributed by atoms with van der Waals surface area (Å²) in [5.41, 5.74) is -0.195. The maximum Gasteiger partial charge on any atom is 0.245 e. The highest BCUT2D eigenvalue weighted by Gasteiger charge is 2.40. The van der Waals surface area contributed by atoms with E-state index in [2.05, 4.69) is 34.9 Å². The molecule has 0 radical (unpaired) electrons. The summed E-state index contributed by atoms with van der Waals surface area (Å²) in [5, 5.41) is 7.66. The van der Waals surface area contributed by atoms with Gasteiger partial charge in [0.1, 0.15) is 23.8 Å². The summed E-state index contributed by atoms with van der Waals surface area (Å²) in [5.74, 6) is 0.600. The summed E-state index contributed by atoms with van der Waals surface area (Å²) in [6.07, 6.45) is 3.59. The lowest BCUT2D eigenvalue weighted by Crippen LogP contribution is -2.35. The molecule has 1 aliphatic rings. The lowest BCUT2D eigenvalue weighted by atomic mass is 10.1. The van der Waals surface area contributed by atoms with Crippen LogP contribution in [0.1, 0.15) is 71.3 Å². The van der Waals surface area contributed by atoms with E-state index in [-0.39, 0.29) is 35.3 Å². The highest BCUT2D eigenvalue weighted by atomic mass is 35.5. The number of anilines is 1. The summed E-state index contributed by atoms with van der Waals surface area (Å²) >= 11 is 5.94. The Morgan fingerprint density at radius 3 is 2.23 bits per heavy atom. The van der Waals surface area contributed by atoms with Crippen molar-refractivity contribution in [2.75, 3.05) is 18.9 Å². The van der Waals surface area contributed by atoms with Gasteiger partial charge in [0.15, 0.2) is 17.3 Å². The van der Waals surface area contributed by atoms with E-state index in [1.54, 1.807) is 13.8 Å². The fourth-order valence-electron chi connectivity index (χ4n) is 4.32. The predicted octanol–water partition coefficient (Wildman–Crippen LogP) is 3.44. The zero-order valence-electron chi connectivity index (χ0n) is 23.3. The minimum Gasteiger partial charge on any atom is -0.479 e. The molecule has 0 spiro atoms. The Hall–Kier alpha value is -3.14. The minimum atomic E-state index is -4.19. The smallest absolute Gasteiger partial charge is 0.245 e. The lowest BCUT2D eigenvalue weighted by molar-refractivity contribution is -0.0207. The molecule has 16 heteroatoms. The van der Waals surface area contributed by atoms with Crippen molar-refractivity contribution < 1.29 is 27.4 Å². The summed E-state index contributed by atoms with van der Waals surface area (Å²) in [6.45, 7) is 9.01. The Bertz CT molecular complexity index is 1410. The zero-order chi connectivity index (χ0) is 29.2. The van der Waals surface area contributed by atoms with Gasteiger partial charge in [0.2, 0.25) is 27.7 Å². The number of aromatic nitrogens is 7. The van der Waals surface area contributed by atoms with Crippen LogP contribution in [0.2, 0.25) is 5.02 Å². The van der Waals surface area contributed by atoms with Crippen molar-refractivity contribution in [1.29, 1.82) is 0 Å². The van der Waals surface area contributed by atoms with Gasteiger partial charge in [0, 0.05) is 12.4 Å². The molecule has 40 heavy (non-hydrogen) atoms. The summed E-state index contributed by atoms with van der Waals surface area (Å²) in [7, 11) is -1.34. The molecule has 0 aliphatic carbocycles. The third-order valence-corrected chi connectivity index (χ3v) is 8.16. The second kappa shape index (κ2) is 11.8. The largest absolute Gasteiger partial charge is 0.479 e. The molecule has 3 aromatic heterocycles. The van der Waals surface area contributed by atoms with Crippen LogP contribution < -0.4 is 14.2 Å². The Kier molecular flexibility index (Phi) is 8.77.